The number of pyridine rings is 1. The number of benzene rings is 1. The van der Waals surface area contributed by atoms with Crippen molar-refractivity contribution in [2.24, 2.45) is 0 Å². The van der Waals surface area contributed by atoms with Crippen molar-refractivity contribution >= 4 is 10.9 Å². The predicted octanol–water partition coefficient (Wildman–Crippen LogP) is 2.37. The third-order valence-electron chi connectivity index (χ3n) is 1.93. The van der Waals surface area contributed by atoms with Crippen molar-refractivity contribution in [3.05, 3.63) is 48.5 Å². The first kappa shape index (κ1) is 7.82. The number of rotatable bonds is 1. The van der Waals surface area contributed by atoms with E-state index in [0.717, 1.165) is 16.6 Å². The van der Waals surface area contributed by atoms with Crippen LogP contribution in [0.1, 0.15) is 5.69 Å². The maximum atomic E-state index is 6.86. The maximum Gasteiger partial charge on any atom is 0.0705 e. The minimum atomic E-state index is 0.491. The summed E-state index contributed by atoms with van der Waals surface area (Å²) in [5, 5.41) is 1.14. The van der Waals surface area contributed by atoms with Crippen LogP contribution in [0.2, 0.25) is 0 Å². The van der Waals surface area contributed by atoms with Gasteiger partial charge in [-0.25, -0.2) is 0 Å². The molecule has 1 nitrogen and oxygen atoms in total. The molecule has 1 aromatic carbocycles. The molecule has 0 N–H and O–H groups in total. The number of aromatic nitrogens is 1. The molecule has 13 heavy (non-hydrogen) atoms. The van der Waals surface area contributed by atoms with Gasteiger partial charge in [0, 0.05) is 5.39 Å². The highest BCUT2D eigenvalue weighted by Crippen LogP contribution is 2.11. The van der Waals surface area contributed by atoms with Gasteiger partial charge in [-0.2, -0.15) is 0 Å². The predicted molar refractivity (Wildman–Crippen MR) is 52.6 cm³/mol. The van der Waals surface area contributed by atoms with E-state index in [1.807, 2.05) is 36.4 Å². The van der Waals surface area contributed by atoms with Gasteiger partial charge in [0.2, 0.25) is 0 Å². The third-order valence-corrected chi connectivity index (χ3v) is 1.93. The Morgan fingerprint density at radius 3 is 2.85 bits per heavy atom. The summed E-state index contributed by atoms with van der Waals surface area (Å²) in [5.74, 6) is 2.34. The Morgan fingerprint density at radius 2 is 2.00 bits per heavy atom. The van der Waals surface area contributed by atoms with Crippen LogP contribution in [0.4, 0.5) is 0 Å². The number of para-hydroxylation sites is 1. The highest BCUT2D eigenvalue weighted by atomic mass is 14.7. The second-order valence-electron chi connectivity index (χ2n) is 2.85. The Morgan fingerprint density at radius 1 is 1.15 bits per heavy atom. The summed E-state index contributed by atoms with van der Waals surface area (Å²) in [6, 6.07) is 11.9. The Kier molecular flexibility index (Phi) is 1.97. The first-order valence-corrected chi connectivity index (χ1v) is 4.14. The van der Waals surface area contributed by atoms with Crippen molar-refractivity contribution in [2.45, 2.75) is 6.42 Å². The molecule has 0 atom stereocenters. The first-order valence-electron chi connectivity index (χ1n) is 4.14. The highest BCUT2D eigenvalue weighted by molar-refractivity contribution is 5.78. The van der Waals surface area contributed by atoms with Gasteiger partial charge >= 0.3 is 0 Å². The largest absolute Gasteiger partial charge is 0.252 e. The number of fused-ring (bicyclic) bond motifs is 1. The van der Waals surface area contributed by atoms with Crippen LogP contribution in [0.3, 0.4) is 0 Å². The Bertz CT molecular complexity index is 466. The summed E-state index contributed by atoms with van der Waals surface area (Å²) >= 11 is 0. The summed E-state index contributed by atoms with van der Waals surface area (Å²) < 4.78 is 0. The molecule has 0 aliphatic carbocycles. The summed E-state index contributed by atoms with van der Waals surface area (Å²) in [6.45, 7) is 0. The summed E-state index contributed by atoms with van der Waals surface area (Å²) in [5.41, 5.74) is 1.88. The quantitative estimate of drug-likeness (QED) is 0.593. The van der Waals surface area contributed by atoms with Gasteiger partial charge in [0.15, 0.2) is 0 Å². The highest BCUT2D eigenvalue weighted by Gasteiger charge is 1.95. The van der Waals surface area contributed by atoms with Gasteiger partial charge in [-0.15, -0.1) is 0 Å². The fraction of sp³-hybridized carbons (Fsp3) is 0.0833. The van der Waals surface area contributed by atoms with Crippen molar-refractivity contribution in [2.75, 3.05) is 0 Å². The molecule has 2 aromatic rings. The average molecular weight is 166 g/mol. The minimum Gasteiger partial charge on any atom is -0.252 e. The zero-order valence-electron chi connectivity index (χ0n) is 7.12. The molecule has 1 heterocycles. The average Bonchev–Trinajstić information content (AvgIpc) is 2.18. The van der Waals surface area contributed by atoms with Gasteiger partial charge < -0.3 is 0 Å². The Labute approximate surface area is 77.4 Å². The van der Waals surface area contributed by atoms with Gasteiger partial charge in [-0.05, 0) is 18.6 Å². The van der Waals surface area contributed by atoms with Crippen molar-refractivity contribution in [3.8, 4) is 5.92 Å². The molecule has 0 saturated heterocycles. The molecule has 0 spiro atoms. The standard InChI is InChI=1S/C12H8N/c1-2-5-11-9-8-10-6-3-4-7-12(10)13-11/h3-4,6-9H,5H2. The third kappa shape index (κ3) is 1.52. The molecular weight excluding hydrogens is 158 g/mol. The van der Waals surface area contributed by atoms with Crippen molar-refractivity contribution < 1.29 is 0 Å². The summed E-state index contributed by atoms with van der Waals surface area (Å²) in [7, 11) is 0. The van der Waals surface area contributed by atoms with Crippen LogP contribution >= 0.6 is 0 Å². The first-order chi connectivity index (χ1) is 6.40. The van der Waals surface area contributed by atoms with Gasteiger partial charge in [0.1, 0.15) is 0 Å². The molecule has 2 rings (SSSR count). The number of hydrogen-bond acceptors (Lipinski definition) is 1. The van der Waals surface area contributed by atoms with E-state index in [4.69, 9.17) is 6.42 Å². The molecule has 0 aliphatic rings. The molecule has 0 amide bonds. The van der Waals surface area contributed by atoms with Crippen LogP contribution in [-0.4, -0.2) is 4.98 Å². The normalized spacial score (nSPS) is 9.77. The van der Waals surface area contributed by atoms with E-state index in [2.05, 4.69) is 10.9 Å². The molecule has 0 saturated carbocycles. The zero-order chi connectivity index (χ0) is 9.10. The van der Waals surface area contributed by atoms with Crippen LogP contribution in [0, 0.1) is 12.3 Å². The summed E-state index contributed by atoms with van der Waals surface area (Å²) in [4.78, 5) is 4.38. The van der Waals surface area contributed by atoms with Gasteiger partial charge in [-0.1, -0.05) is 30.2 Å². The van der Waals surface area contributed by atoms with E-state index >= 15 is 0 Å². The van der Waals surface area contributed by atoms with Crippen LogP contribution in [0.5, 0.6) is 0 Å². The summed E-state index contributed by atoms with van der Waals surface area (Å²) in [6.07, 6.45) is 7.35. The van der Waals surface area contributed by atoms with Crippen molar-refractivity contribution in [1.29, 1.82) is 0 Å². The van der Waals surface area contributed by atoms with E-state index < -0.39 is 0 Å². The topological polar surface area (TPSA) is 12.9 Å². The van der Waals surface area contributed by atoms with Crippen LogP contribution in [0.15, 0.2) is 36.4 Å². The van der Waals surface area contributed by atoms with Gasteiger partial charge in [0.25, 0.3) is 0 Å². The lowest BCUT2D eigenvalue weighted by molar-refractivity contribution is 1.17. The minimum absolute atomic E-state index is 0.491. The molecule has 0 fully saturated rings. The SMILES string of the molecule is [C]#CCc1ccc2ccccc2n1. The lowest BCUT2D eigenvalue weighted by Gasteiger charge is -1.98. The van der Waals surface area contributed by atoms with Crippen LogP contribution < -0.4 is 0 Å². The molecule has 0 unspecified atom stereocenters. The second-order valence-corrected chi connectivity index (χ2v) is 2.85. The number of hydrogen-bond donors (Lipinski definition) is 0. The van der Waals surface area contributed by atoms with E-state index in [9.17, 15) is 0 Å². The lowest BCUT2D eigenvalue weighted by atomic mass is 10.2. The van der Waals surface area contributed by atoms with E-state index in [-0.39, 0.29) is 0 Å². The Balaban J connectivity index is 2.57. The smallest absolute Gasteiger partial charge is 0.0705 e. The van der Waals surface area contributed by atoms with Crippen LogP contribution in [0.25, 0.3) is 10.9 Å². The fourth-order valence-electron chi connectivity index (χ4n) is 1.30. The molecule has 1 heteroatoms. The lowest BCUT2D eigenvalue weighted by Crippen LogP contribution is -1.87. The van der Waals surface area contributed by atoms with E-state index in [0.29, 0.717) is 6.42 Å². The fourth-order valence-corrected chi connectivity index (χ4v) is 1.30. The number of nitrogens with zero attached hydrogens (tertiary/aromatic N) is 1. The Hall–Kier alpha value is -1.81. The van der Waals surface area contributed by atoms with Crippen molar-refractivity contribution in [3.63, 3.8) is 0 Å². The van der Waals surface area contributed by atoms with E-state index in [1.54, 1.807) is 0 Å². The van der Waals surface area contributed by atoms with Crippen molar-refractivity contribution in [1.82, 2.24) is 4.98 Å². The molecule has 61 valence electrons. The molecule has 0 bridgehead atoms. The molecule has 0 aliphatic heterocycles. The van der Waals surface area contributed by atoms with E-state index in [1.165, 1.54) is 0 Å². The maximum absolute atomic E-state index is 6.86. The van der Waals surface area contributed by atoms with Gasteiger partial charge in [-0.3, -0.25) is 4.98 Å². The molecular formula is C12H8N. The molecule has 1 radical (unpaired) electrons. The monoisotopic (exact) mass is 166 g/mol. The van der Waals surface area contributed by atoms with Crippen LogP contribution in [-0.2, 0) is 6.42 Å². The molecule has 1 aromatic heterocycles. The zero-order valence-corrected chi connectivity index (χ0v) is 7.12. The van der Waals surface area contributed by atoms with Gasteiger partial charge in [0.05, 0.1) is 17.6 Å². The second kappa shape index (κ2) is 3.28.